The van der Waals surface area contributed by atoms with Gasteiger partial charge in [0.05, 0.1) is 10.9 Å². The van der Waals surface area contributed by atoms with Crippen LogP contribution in [0.5, 0.6) is 0 Å². The van der Waals surface area contributed by atoms with E-state index in [4.69, 9.17) is 16.7 Å². The van der Waals surface area contributed by atoms with Gasteiger partial charge in [-0.15, -0.1) is 0 Å². The SMILES string of the molecule is Cc1cc(Cl)c(F)cc1C(C)C(=O)O. The highest BCUT2D eigenvalue weighted by Crippen LogP contribution is 2.25. The summed E-state index contributed by atoms with van der Waals surface area (Å²) >= 11 is 5.55. The molecular formula is C10H10ClFO2. The van der Waals surface area contributed by atoms with Gasteiger partial charge in [-0.25, -0.2) is 4.39 Å². The maximum absolute atomic E-state index is 13.1. The number of carbonyl (C=O) groups is 1. The molecule has 0 aliphatic rings. The van der Waals surface area contributed by atoms with Crippen molar-refractivity contribution < 1.29 is 14.3 Å². The van der Waals surface area contributed by atoms with Crippen LogP contribution in [0, 0.1) is 12.7 Å². The van der Waals surface area contributed by atoms with Gasteiger partial charge in [0, 0.05) is 0 Å². The van der Waals surface area contributed by atoms with E-state index < -0.39 is 17.7 Å². The summed E-state index contributed by atoms with van der Waals surface area (Å²) in [6.07, 6.45) is 0. The maximum atomic E-state index is 13.1. The molecule has 1 atom stereocenters. The highest BCUT2D eigenvalue weighted by Gasteiger charge is 2.17. The summed E-state index contributed by atoms with van der Waals surface area (Å²) in [6, 6.07) is 2.61. The first-order valence-corrected chi connectivity index (χ1v) is 4.49. The van der Waals surface area contributed by atoms with Crippen LogP contribution in [-0.4, -0.2) is 11.1 Å². The fourth-order valence-corrected chi connectivity index (χ4v) is 1.48. The van der Waals surface area contributed by atoms with Crippen LogP contribution in [0.15, 0.2) is 12.1 Å². The second kappa shape index (κ2) is 3.96. The summed E-state index contributed by atoms with van der Waals surface area (Å²) in [5, 5.41) is 8.78. The zero-order valence-electron chi connectivity index (χ0n) is 7.84. The normalized spacial score (nSPS) is 12.6. The van der Waals surface area contributed by atoms with Crippen molar-refractivity contribution in [1.82, 2.24) is 0 Å². The van der Waals surface area contributed by atoms with Crippen LogP contribution in [0.25, 0.3) is 0 Å². The van der Waals surface area contributed by atoms with Crippen LogP contribution in [-0.2, 0) is 4.79 Å². The van der Waals surface area contributed by atoms with Crippen molar-refractivity contribution in [2.75, 3.05) is 0 Å². The summed E-state index contributed by atoms with van der Waals surface area (Å²) in [6.45, 7) is 3.22. The zero-order valence-corrected chi connectivity index (χ0v) is 8.60. The molecule has 1 unspecified atom stereocenters. The van der Waals surface area contributed by atoms with E-state index in [1.54, 1.807) is 6.92 Å². The number of carboxylic acids is 1. The molecule has 1 aromatic rings. The highest BCUT2D eigenvalue weighted by atomic mass is 35.5. The van der Waals surface area contributed by atoms with Gasteiger partial charge >= 0.3 is 5.97 Å². The topological polar surface area (TPSA) is 37.3 Å². The van der Waals surface area contributed by atoms with Gasteiger partial charge in [0.15, 0.2) is 0 Å². The Kier molecular flexibility index (Phi) is 3.11. The molecule has 0 aliphatic heterocycles. The highest BCUT2D eigenvalue weighted by molar-refractivity contribution is 6.30. The Hall–Kier alpha value is -1.09. The van der Waals surface area contributed by atoms with Gasteiger partial charge in [-0.2, -0.15) is 0 Å². The summed E-state index contributed by atoms with van der Waals surface area (Å²) in [5.41, 5.74) is 1.14. The van der Waals surface area contributed by atoms with Gasteiger partial charge in [0.2, 0.25) is 0 Å². The predicted octanol–water partition coefficient (Wildman–Crippen LogP) is 2.98. The van der Waals surface area contributed by atoms with E-state index in [0.29, 0.717) is 11.1 Å². The molecule has 0 saturated carbocycles. The molecule has 4 heteroatoms. The quantitative estimate of drug-likeness (QED) is 0.825. The van der Waals surface area contributed by atoms with Crippen molar-refractivity contribution in [2.45, 2.75) is 19.8 Å². The largest absolute Gasteiger partial charge is 0.481 e. The van der Waals surface area contributed by atoms with Crippen molar-refractivity contribution in [3.05, 3.63) is 34.1 Å². The van der Waals surface area contributed by atoms with E-state index in [-0.39, 0.29) is 5.02 Å². The molecule has 0 heterocycles. The Morgan fingerprint density at radius 1 is 1.57 bits per heavy atom. The molecule has 0 bridgehead atoms. The second-order valence-corrected chi connectivity index (χ2v) is 3.59. The summed E-state index contributed by atoms with van der Waals surface area (Å²) < 4.78 is 13.1. The number of rotatable bonds is 2. The van der Waals surface area contributed by atoms with E-state index in [0.717, 1.165) is 0 Å². The zero-order chi connectivity index (χ0) is 10.9. The molecule has 0 spiro atoms. The number of hydrogen-bond donors (Lipinski definition) is 1. The van der Waals surface area contributed by atoms with Crippen LogP contribution in [0.4, 0.5) is 4.39 Å². The van der Waals surface area contributed by atoms with Crippen molar-refractivity contribution in [3.8, 4) is 0 Å². The first-order valence-electron chi connectivity index (χ1n) is 4.12. The predicted molar refractivity (Wildman–Crippen MR) is 52.2 cm³/mol. The van der Waals surface area contributed by atoms with E-state index in [9.17, 15) is 9.18 Å². The van der Waals surface area contributed by atoms with Crippen LogP contribution in [0.2, 0.25) is 5.02 Å². The molecule has 14 heavy (non-hydrogen) atoms. The third-order valence-corrected chi connectivity index (χ3v) is 2.44. The Labute approximate surface area is 86.3 Å². The average Bonchev–Trinajstić information content (AvgIpc) is 2.10. The molecule has 1 rings (SSSR count). The minimum absolute atomic E-state index is 0.0174. The third-order valence-electron chi connectivity index (χ3n) is 2.15. The van der Waals surface area contributed by atoms with E-state index >= 15 is 0 Å². The molecule has 0 radical (unpaired) electrons. The number of aryl methyl sites for hydroxylation is 1. The summed E-state index contributed by atoms with van der Waals surface area (Å²) in [4.78, 5) is 10.7. The summed E-state index contributed by atoms with van der Waals surface area (Å²) in [5.74, 6) is -2.28. The van der Waals surface area contributed by atoms with Gasteiger partial charge in [0.1, 0.15) is 5.82 Å². The number of halogens is 2. The van der Waals surface area contributed by atoms with Crippen molar-refractivity contribution in [1.29, 1.82) is 0 Å². The van der Waals surface area contributed by atoms with Crippen molar-refractivity contribution >= 4 is 17.6 Å². The monoisotopic (exact) mass is 216 g/mol. The Balaban J connectivity index is 3.22. The molecular weight excluding hydrogens is 207 g/mol. The Morgan fingerprint density at radius 3 is 2.64 bits per heavy atom. The van der Waals surface area contributed by atoms with Crippen LogP contribution in [0.1, 0.15) is 24.0 Å². The Bertz CT molecular complexity index is 377. The number of carboxylic acid groups (broad SMARTS) is 1. The fourth-order valence-electron chi connectivity index (χ4n) is 1.26. The Morgan fingerprint density at radius 2 is 2.14 bits per heavy atom. The van der Waals surface area contributed by atoms with Crippen LogP contribution in [0.3, 0.4) is 0 Å². The number of hydrogen-bond acceptors (Lipinski definition) is 1. The first kappa shape index (κ1) is 11.0. The van der Waals surface area contributed by atoms with Crippen LogP contribution < -0.4 is 0 Å². The molecule has 0 fully saturated rings. The lowest BCUT2D eigenvalue weighted by molar-refractivity contribution is -0.138. The minimum Gasteiger partial charge on any atom is -0.481 e. The minimum atomic E-state index is -0.977. The van der Waals surface area contributed by atoms with E-state index in [1.807, 2.05) is 0 Å². The molecule has 1 N–H and O–H groups in total. The molecule has 0 aromatic heterocycles. The summed E-state index contributed by atoms with van der Waals surface area (Å²) in [7, 11) is 0. The van der Waals surface area contributed by atoms with Crippen LogP contribution >= 0.6 is 11.6 Å². The molecule has 1 aromatic carbocycles. The molecule has 2 nitrogen and oxygen atoms in total. The number of aliphatic carboxylic acids is 1. The second-order valence-electron chi connectivity index (χ2n) is 3.18. The first-order chi connectivity index (χ1) is 6.43. The standard InChI is InChI=1S/C10H10ClFO2/c1-5-3-8(11)9(12)4-7(5)6(2)10(13)14/h3-4,6H,1-2H3,(H,13,14). The smallest absolute Gasteiger partial charge is 0.310 e. The fraction of sp³-hybridized carbons (Fsp3) is 0.300. The van der Waals surface area contributed by atoms with Gasteiger partial charge in [-0.1, -0.05) is 11.6 Å². The maximum Gasteiger partial charge on any atom is 0.310 e. The number of benzene rings is 1. The lowest BCUT2D eigenvalue weighted by Crippen LogP contribution is -2.09. The third kappa shape index (κ3) is 2.04. The van der Waals surface area contributed by atoms with E-state index in [1.165, 1.54) is 19.1 Å². The molecule has 0 aliphatic carbocycles. The van der Waals surface area contributed by atoms with Gasteiger partial charge < -0.3 is 5.11 Å². The molecule has 0 saturated heterocycles. The van der Waals surface area contributed by atoms with Gasteiger partial charge in [-0.3, -0.25) is 4.79 Å². The van der Waals surface area contributed by atoms with Gasteiger partial charge in [0.25, 0.3) is 0 Å². The molecule has 0 amide bonds. The van der Waals surface area contributed by atoms with E-state index in [2.05, 4.69) is 0 Å². The molecule has 76 valence electrons. The lowest BCUT2D eigenvalue weighted by atomic mass is 9.96. The van der Waals surface area contributed by atoms with Crippen molar-refractivity contribution in [3.63, 3.8) is 0 Å². The average molecular weight is 217 g/mol. The lowest BCUT2D eigenvalue weighted by Gasteiger charge is -2.10. The van der Waals surface area contributed by atoms with Crippen molar-refractivity contribution in [2.24, 2.45) is 0 Å². The van der Waals surface area contributed by atoms with Gasteiger partial charge in [-0.05, 0) is 37.1 Å².